The quantitative estimate of drug-likeness (QED) is 0.825. The Balaban J connectivity index is 1.85. The van der Waals surface area contributed by atoms with Crippen molar-refractivity contribution in [3.63, 3.8) is 0 Å². The lowest BCUT2D eigenvalue weighted by Crippen LogP contribution is -2.21. The van der Waals surface area contributed by atoms with E-state index in [4.69, 9.17) is 0 Å². The molecule has 100 valence electrons. The molecule has 1 N–H and O–H groups in total. The number of hydrogen-bond donors (Lipinski definition) is 1. The smallest absolute Gasteiger partial charge is 0.0443 e. The van der Waals surface area contributed by atoms with Crippen LogP contribution in [-0.4, -0.2) is 6.54 Å². The van der Waals surface area contributed by atoms with E-state index in [2.05, 4.69) is 55.6 Å². The molecule has 1 aromatic carbocycles. The molecule has 0 amide bonds. The molecule has 1 aliphatic rings. The van der Waals surface area contributed by atoms with Gasteiger partial charge in [-0.25, -0.2) is 0 Å². The predicted molar refractivity (Wildman–Crippen MR) is 83.6 cm³/mol. The van der Waals surface area contributed by atoms with Gasteiger partial charge < -0.3 is 5.32 Å². The second-order valence-corrected chi connectivity index (χ2v) is 6.56. The van der Waals surface area contributed by atoms with E-state index in [1.807, 2.05) is 11.3 Å². The summed E-state index contributed by atoms with van der Waals surface area (Å²) in [6.07, 6.45) is 2.77. The van der Waals surface area contributed by atoms with E-state index in [9.17, 15) is 0 Å². The molecule has 1 heterocycles. The highest BCUT2D eigenvalue weighted by molar-refractivity contribution is 7.15. The first-order chi connectivity index (χ1) is 9.28. The normalized spacial score (nSPS) is 16.5. The Labute approximate surface area is 119 Å². The minimum absolute atomic E-state index is 0.577. The van der Waals surface area contributed by atoms with Crippen LogP contribution in [0.2, 0.25) is 0 Å². The van der Waals surface area contributed by atoms with Gasteiger partial charge in [-0.05, 0) is 49.9 Å². The van der Waals surface area contributed by atoms with Crippen molar-refractivity contribution in [2.24, 2.45) is 5.92 Å². The molecule has 1 aliphatic carbocycles. The van der Waals surface area contributed by atoms with E-state index < -0.39 is 0 Å². The van der Waals surface area contributed by atoms with Crippen molar-refractivity contribution in [2.75, 3.05) is 6.54 Å². The molecule has 19 heavy (non-hydrogen) atoms. The SMILES string of the molecule is CCNC(c1ccc(-c2cccc(C)c2)s1)C1CC1. The van der Waals surface area contributed by atoms with Crippen molar-refractivity contribution in [2.45, 2.75) is 32.7 Å². The topological polar surface area (TPSA) is 12.0 Å². The third-order valence-corrected chi connectivity index (χ3v) is 4.97. The first kappa shape index (κ1) is 12.9. The van der Waals surface area contributed by atoms with Gasteiger partial charge in [0.05, 0.1) is 0 Å². The summed E-state index contributed by atoms with van der Waals surface area (Å²) in [5.74, 6) is 0.865. The number of thiophene rings is 1. The van der Waals surface area contributed by atoms with Crippen LogP contribution >= 0.6 is 11.3 Å². The van der Waals surface area contributed by atoms with Gasteiger partial charge in [0.2, 0.25) is 0 Å². The van der Waals surface area contributed by atoms with Gasteiger partial charge in [-0.1, -0.05) is 36.8 Å². The number of nitrogens with one attached hydrogen (secondary N) is 1. The summed E-state index contributed by atoms with van der Waals surface area (Å²) < 4.78 is 0. The van der Waals surface area contributed by atoms with Crippen molar-refractivity contribution >= 4 is 11.3 Å². The van der Waals surface area contributed by atoms with Crippen LogP contribution < -0.4 is 5.32 Å². The summed E-state index contributed by atoms with van der Waals surface area (Å²) in [5, 5.41) is 3.65. The summed E-state index contributed by atoms with van der Waals surface area (Å²) in [6.45, 7) is 5.41. The van der Waals surface area contributed by atoms with E-state index in [0.29, 0.717) is 6.04 Å². The third kappa shape index (κ3) is 2.90. The lowest BCUT2D eigenvalue weighted by atomic mass is 10.1. The van der Waals surface area contributed by atoms with Crippen LogP contribution in [0.15, 0.2) is 36.4 Å². The lowest BCUT2D eigenvalue weighted by molar-refractivity contribution is 0.504. The van der Waals surface area contributed by atoms with Crippen LogP contribution in [0.25, 0.3) is 10.4 Å². The Bertz CT molecular complexity index is 554. The monoisotopic (exact) mass is 271 g/mol. The average Bonchev–Trinajstić information content (AvgIpc) is 3.13. The standard InChI is InChI=1S/C17H21NS/c1-3-18-17(13-7-8-13)16-10-9-15(19-16)14-6-4-5-12(2)11-14/h4-6,9-11,13,17-18H,3,7-8H2,1-2H3. The van der Waals surface area contributed by atoms with Crippen LogP contribution in [0.4, 0.5) is 0 Å². The van der Waals surface area contributed by atoms with E-state index in [1.54, 1.807) is 0 Å². The maximum atomic E-state index is 3.65. The summed E-state index contributed by atoms with van der Waals surface area (Å²) in [7, 11) is 0. The van der Waals surface area contributed by atoms with Gasteiger partial charge in [-0.3, -0.25) is 0 Å². The summed E-state index contributed by atoms with van der Waals surface area (Å²) in [6, 6.07) is 14.0. The van der Waals surface area contributed by atoms with E-state index in [1.165, 1.54) is 33.7 Å². The van der Waals surface area contributed by atoms with Gasteiger partial charge in [0.25, 0.3) is 0 Å². The van der Waals surface area contributed by atoms with Crippen molar-refractivity contribution in [1.82, 2.24) is 5.32 Å². The van der Waals surface area contributed by atoms with Crippen molar-refractivity contribution in [1.29, 1.82) is 0 Å². The van der Waals surface area contributed by atoms with E-state index in [0.717, 1.165) is 12.5 Å². The van der Waals surface area contributed by atoms with Crippen molar-refractivity contribution in [3.05, 3.63) is 46.8 Å². The first-order valence-corrected chi connectivity index (χ1v) is 7.99. The third-order valence-electron chi connectivity index (χ3n) is 3.75. The number of benzene rings is 1. The Morgan fingerprint density at radius 1 is 1.26 bits per heavy atom. The second kappa shape index (κ2) is 5.48. The summed E-state index contributed by atoms with van der Waals surface area (Å²) in [4.78, 5) is 2.89. The first-order valence-electron chi connectivity index (χ1n) is 7.18. The van der Waals surface area contributed by atoms with Crippen LogP contribution in [0.5, 0.6) is 0 Å². The Kier molecular flexibility index (Phi) is 3.72. The van der Waals surface area contributed by atoms with Crippen LogP contribution in [0.3, 0.4) is 0 Å². The fourth-order valence-electron chi connectivity index (χ4n) is 2.62. The predicted octanol–water partition coefficient (Wildman–Crippen LogP) is 4.78. The molecule has 2 heteroatoms. The van der Waals surface area contributed by atoms with E-state index in [-0.39, 0.29) is 0 Å². The molecule has 3 rings (SSSR count). The molecule has 2 aromatic rings. The molecule has 0 radical (unpaired) electrons. The zero-order valence-electron chi connectivity index (χ0n) is 11.6. The van der Waals surface area contributed by atoms with Crippen LogP contribution in [0.1, 0.15) is 36.2 Å². The zero-order valence-corrected chi connectivity index (χ0v) is 12.5. The van der Waals surface area contributed by atoms with Crippen molar-refractivity contribution < 1.29 is 0 Å². The van der Waals surface area contributed by atoms with Crippen LogP contribution in [0, 0.1) is 12.8 Å². The Morgan fingerprint density at radius 2 is 2.11 bits per heavy atom. The molecule has 0 aliphatic heterocycles. The highest BCUT2D eigenvalue weighted by atomic mass is 32.1. The number of aryl methyl sites for hydroxylation is 1. The van der Waals surface area contributed by atoms with Gasteiger partial charge in [-0.2, -0.15) is 0 Å². The average molecular weight is 271 g/mol. The van der Waals surface area contributed by atoms with Gasteiger partial charge in [0.1, 0.15) is 0 Å². The van der Waals surface area contributed by atoms with Gasteiger partial charge >= 0.3 is 0 Å². The Hall–Kier alpha value is -1.12. The highest BCUT2D eigenvalue weighted by Gasteiger charge is 2.32. The largest absolute Gasteiger partial charge is 0.309 e. The van der Waals surface area contributed by atoms with Gasteiger partial charge in [-0.15, -0.1) is 11.3 Å². The molecule has 0 saturated heterocycles. The molecule has 0 spiro atoms. The molecule has 1 saturated carbocycles. The lowest BCUT2D eigenvalue weighted by Gasteiger charge is -2.15. The molecule has 0 bridgehead atoms. The molecule has 1 nitrogen and oxygen atoms in total. The van der Waals surface area contributed by atoms with E-state index >= 15 is 0 Å². The summed E-state index contributed by atoms with van der Waals surface area (Å²) >= 11 is 1.95. The maximum Gasteiger partial charge on any atom is 0.0443 e. The molecule has 1 fully saturated rings. The molecular weight excluding hydrogens is 250 g/mol. The molecule has 1 aromatic heterocycles. The fourth-order valence-corrected chi connectivity index (χ4v) is 3.80. The fraction of sp³-hybridized carbons (Fsp3) is 0.412. The minimum atomic E-state index is 0.577. The van der Waals surface area contributed by atoms with Crippen molar-refractivity contribution in [3.8, 4) is 10.4 Å². The number of rotatable bonds is 5. The molecule has 1 unspecified atom stereocenters. The highest BCUT2D eigenvalue weighted by Crippen LogP contribution is 2.44. The zero-order chi connectivity index (χ0) is 13.2. The Morgan fingerprint density at radius 3 is 2.79 bits per heavy atom. The minimum Gasteiger partial charge on any atom is -0.309 e. The van der Waals surface area contributed by atoms with Gasteiger partial charge in [0.15, 0.2) is 0 Å². The summed E-state index contributed by atoms with van der Waals surface area (Å²) in [5.41, 5.74) is 2.68. The molecule has 1 atom stereocenters. The number of hydrogen-bond acceptors (Lipinski definition) is 2. The molecular formula is C17H21NS. The second-order valence-electron chi connectivity index (χ2n) is 5.44. The maximum absolute atomic E-state index is 3.65. The van der Waals surface area contributed by atoms with Gasteiger partial charge in [0, 0.05) is 15.8 Å². The van der Waals surface area contributed by atoms with Crippen LogP contribution in [-0.2, 0) is 0 Å².